The number of rotatable bonds is 9. The van der Waals surface area contributed by atoms with Gasteiger partial charge >= 0.3 is 11.9 Å². The van der Waals surface area contributed by atoms with E-state index in [0.717, 1.165) is 11.3 Å². The number of anilines is 2. The minimum Gasteiger partial charge on any atom is -0.480 e. The molecule has 3 aromatic rings. The van der Waals surface area contributed by atoms with Crippen LogP contribution in [0.25, 0.3) is 16.9 Å². The van der Waals surface area contributed by atoms with Crippen LogP contribution in [0.2, 0.25) is 0 Å². The number of carbonyl (C=O) groups is 3. The number of imidazole rings is 1. The van der Waals surface area contributed by atoms with Gasteiger partial charge in [-0.05, 0) is 38.1 Å². The summed E-state index contributed by atoms with van der Waals surface area (Å²) in [5.41, 5.74) is 2.86. The van der Waals surface area contributed by atoms with Crippen molar-refractivity contribution in [3.05, 3.63) is 48.2 Å². The highest BCUT2D eigenvalue weighted by Crippen LogP contribution is 2.31. The van der Waals surface area contributed by atoms with Crippen LogP contribution < -0.4 is 15.5 Å². The molecule has 0 spiro atoms. The third-order valence-electron chi connectivity index (χ3n) is 4.98. The number of aliphatic carboxylic acids is 1. The summed E-state index contributed by atoms with van der Waals surface area (Å²) >= 11 is 0. The number of ether oxygens (including phenoxy) is 1. The minimum atomic E-state index is -1.14. The number of carbonyl (C=O) groups excluding carboxylic acids is 2. The van der Waals surface area contributed by atoms with E-state index >= 15 is 0 Å². The molecule has 1 amide bonds. The van der Waals surface area contributed by atoms with Crippen LogP contribution in [0.4, 0.5) is 11.5 Å². The van der Waals surface area contributed by atoms with Crippen LogP contribution in [0.15, 0.2) is 42.6 Å². The van der Waals surface area contributed by atoms with E-state index < -0.39 is 23.9 Å². The van der Waals surface area contributed by atoms with Crippen molar-refractivity contribution in [2.45, 2.75) is 19.9 Å². The first-order chi connectivity index (χ1) is 15.7. The van der Waals surface area contributed by atoms with E-state index in [1.165, 1.54) is 6.92 Å². The third-order valence-corrected chi connectivity index (χ3v) is 4.98. The molecule has 1 unspecified atom stereocenters. The van der Waals surface area contributed by atoms with Crippen molar-refractivity contribution in [3.63, 3.8) is 0 Å². The first-order valence-electron chi connectivity index (χ1n) is 10.4. The van der Waals surface area contributed by atoms with E-state index in [2.05, 4.69) is 15.6 Å². The highest BCUT2D eigenvalue weighted by molar-refractivity contribution is 6.02. The quantitative estimate of drug-likeness (QED) is 0.421. The van der Waals surface area contributed by atoms with Crippen molar-refractivity contribution in [3.8, 4) is 11.3 Å². The second-order valence-electron chi connectivity index (χ2n) is 7.56. The largest absolute Gasteiger partial charge is 0.480 e. The Bertz CT molecular complexity index is 1170. The molecule has 0 bridgehead atoms. The van der Waals surface area contributed by atoms with E-state index in [-0.39, 0.29) is 18.7 Å². The van der Waals surface area contributed by atoms with E-state index in [1.807, 2.05) is 43.3 Å². The standard InChI is InChI=1S/C23H27N5O5/c1-5-33-18(29)13-24-21-19(15-8-10-16(11-9-15)27(3)4)26-20-17(7-6-12-28(20)21)22(30)25-14(2)23(31)32/h6-12,14,24H,5,13H2,1-4H3,(H,25,30)(H,31,32). The summed E-state index contributed by atoms with van der Waals surface area (Å²) in [6, 6.07) is 9.85. The molecule has 2 aromatic heterocycles. The Kier molecular flexibility index (Phi) is 7.17. The summed E-state index contributed by atoms with van der Waals surface area (Å²) < 4.78 is 6.67. The summed E-state index contributed by atoms with van der Waals surface area (Å²) in [6.07, 6.45) is 1.71. The molecule has 3 rings (SSSR count). The van der Waals surface area contributed by atoms with Crippen molar-refractivity contribution < 1.29 is 24.2 Å². The molecule has 0 aliphatic carbocycles. The number of carboxylic acid groups (broad SMARTS) is 1. The molecule has 1 aromatic carbocycles. The van der Waals surface area contributed by atoms with Gasteiger partial charge in [0.15, 0.2) is 5.65 Å². The van der Waals surface area contributed by atoms with Crippen LogP contribution in [-0.4, -0.2) is 65.6 Å². The van der Waals surface area contributed by atoms with E-state index in [4.69, 9.17) is 9.84 Å². The Hall–Kier alpha value is -4.08. The zero-order valence-electron chi connectivity index (χ0n) is 19.0. The number of hydrogen-bond acceptors (Lipinski definition) is 7. The number of nitrogens with one attached hydrogen (secondary N) is 2. The number of nitrogens with zero attached hydrogens (tertiary/aromatic N) is 3. The van der Waals surface area contributed by atoms with Gasteiger partial charge in [0.2, 0.25) is 0 Å². The number of hydrogen-bond donors (Lipinski definition) is 3. The van der Waals surface area contributed by atoms with Crippen molar-refractivity contribution in [2.75, 3.05) is 37.5 Å². The Balaban J connectivity index is 2.09. The fraction of sp³-hybridized carbons (Fsp3) is 0.304. The molecule has 0 radical (unpaired) electrons. The van der Waals surface area contributed by atoms with Crippen LogP contribution in [0.1, 0.15) is 24.2 Å². The molecule has 33 heavy (non-hydrogen) atoms. The van der Waals surface area contributed by atoms with Crippen LogP contribution in [-0.2, 0) is 14.3 Å². The molecule has 0 fully saturated rings. The predicted molar refractivity (Wildman–Crippen MR) is 125 cm³/mol. The number of pyridine rings is 1. The lowest BCUT2D eigenvalue weighted by molar-refractivity contribution is -0.141. The van der Waals surface area contributed by atoms with Gasteiger partial charge < -0.3 is 25.4 Å². The number of fused-ring (bicyclic) bond motifs is 1. The summed E-state index contributed by atoms with van der Waals surface area (Å²) in [7, 11) is 3.88. The smallest absolute Gasteiger partial charge is 0.325 e. The third kappa shape index (κ3) is 5.22. The molecule has 174 valence electrons. The zero-order valence-corrected chi connectivity index (χ0v) is 19.0. The Morgan fingerprint density at radius 1 is 1.18 bits per heavy atom. The first kappa shape index (κ1) is 23.6. The van der Waals surface area contributed by atoms with Gasteiger partial charge in [-0.2, -0.15) is 0 Å². The highest BCUT2D eigenvalue weighted by atomic mass is 16.5. The van der Waals surface area contributed by atoms with Gasteiger partial charge in [0.1, 0.15) is 24.1 Å². The highest BCUT2D eigenvalue weighted by Gasteiger charge is 2.22. The fourth-order valence-corrected chi connectivity index (χ4v) is 3.24. The van der Waals surface area contributed by atoms with Gasteiger partial charge in [0, 0.05) is 31.5 Å². The molecule has 3 N–H and O–H groups in total. The molecule has 2 heterocycles. The SMILES string of the molecule is CCOC(=O)CNc1c(-c2ccc(N(C)C)cc2)nc2c(C(=O)NC(C)C(=O)O)cccn12. The average molecular weight is 453 g/mol. The van der Waals surface area contributed by atoms with Gasteiger partial charge in [0.05, 0.1) is 12.2 Å². The van der Waals surface area contributed by atoms with Crippen molar-refractivity contribution >= 4 is 35.0 Å². The lowest BCUT2D eigenvalue weighted by Crippen LogP contribution is -2.38. The van der Waals surface area contributed by atoms with E-state index in [0.29, 0.717) is 17.2 Å². The van der Waals surface area contributed by atoms with Crippen molar-refractivity contribution in [2.24, 2.45) is 0 Å². The number of benzene rings is 1. The lowest BCUT2D eigenvalue weighted by atomic mass is 10.1. The maximum atomic E-state index is 12.8. The molecular formula is C23H27N5O5. The zero-order chi connectivity index (χ0) is 24.1. The number of amides is 1. The van der Waals surface area contributed by atoms with Crippen molar-refractivity contribution in [1.29, 1.82) is 0 Å². The van der Waals surface area contributed by atoms with Gasteiger partial charge in [-0.1, -0.05) is 12.1 Å². The summed E-state index contributed by atoms with van der Waals surface area (Å²) in [5, 5.41) is 14.6. The molecule has 0 aliphatic rings. The van der Waals surface area contributed by atoms with Crippen LogP contribution in [0, 0.1) is 0 Å². The monoisotopic (exact) mass is 453 g/mol. The fourth-order valence-electron chi connectivity index (χ4n) is 3.24. The maximum absolute atomic E-state index is 12.8. The van der Waals surface area contributed by atoms with Crippen LogP contribution in [0.3, 0.4) is 0 Å². The van der Waals surface area contributed by atoms with Gasteiger partial charge in [-0.25, -0.2) is 4.98 Å². The molecule has 0 saturated carbocycles. The molecule has 10 nitrogen and oxygen atoms in total. The predicted octanol–water partition coefficient (Wildman–Crippen LogP) is 2.25. The van der Waals surface area contributed by atoms with Crippen LogP contribution >= 0.6 is 0 Å². The number of esters is 1. The lowest BCUT2D eigenvalue weighted by Gasteiger charge is -2.13. The van der Waals surface area contributed by atoms with Gasteiger partial charge in [-0.3, -0.25) is 18.8 Å². The summed E-state index contributed by atoms with van der Waals surface area (Å²) in [4.78, 5) is 42.5. The topological polar surface area (TPSA) is 125 Å². The molecule has 0 aliphatic heterocycles. The van der Waals surface area contributed by atoms with E-state index in [9.17, 15) is 14.4 Å². The molecule has 1 atom stereocenters. The van der Waals surface area contributed by atoms with Crippen LogP contribution in [0.5, 0.6) is 0 Å². The Labute approximate surface area is 191 Å². The van der Waals surface area contributed by atoms with Gasteiger partial charge in [0.25, 0.3) is 5.91 Å². The first-order valence-corrected chi connectivity index (χ1v) is 10.4. The minimum absolute atomic E-state index is 0.0864. The molecular weight excluding hydrogens is 426 g/mol. The molecule has 10 heteroatoms. The number of aromatic nitrogens is 2. The molecule has 0 saturated heterocycles. The second kappa shape index (κ2) is 10.0. The Morgan fingerprint density at radius 3 is 2.48 bits per heavy atom. The van der Waals surface area contributed by atoms with E-state index in [1.54, 1.807) is 29.7 Å². The van der Waals surface area contributed by atoms with Crippen molar-refractivity contribution in [1.82, 2.24) is 14.7 Å². The number of carboxylic acids is 1. The second-order valence-corrected chi connectivity index (χ2v) is 7.56. The maximum Gasteiger partial charge on any atom is 0.325 e. The normalized spacial score (nSPS) is 11.6. The average Bonchev–Trinajstić information content (AvgIpc) is 3.16. The summed E-state index contributed by atoms with van der Waals surface area (Å²) in [5.74, 6) is -1.62. The Morgan fingerprint density at radius 2 is 1.88 bits per heavy atom. The van der Waals surface area contributed by atoms with Gasteiger partial charge in [-0.15, -0.1) is 0 Å². The summed E-state index contributed by atoms with van der Waals surface area (Å²) in [6.45, 7) is 3.29.